The number of carbonyl (C=O) groups excluding carboxylic acids is 1. The summed E-state index contributed by atoms with van der Waals surface area (Å²) >= 11 is 5.77. The molecule has 0 spiro atoms. The Morgan fingerprint density at radius 1 is 1.19 bits per heavy atom. The Kier molecular flexibility index (Phi) is 4.60. The third kappa shape index (κ3) is 3.83. The molecule has 0 aliphatic heterocycles. The SMILES string of the molecule is C/C(=N\NC(=O)c1ccc(C)cc1)c1ccc(Cl)cc1O. The van der Waals surface area contributed by atoms with Crippen molar-refractivity contribution in [1.29, 1.82) is 0 Å². The Morgan fingerprint density at radius 2 is 1.86 bits per heavy atom. The summed E-state index contributed by atoms with van der Waals surface area (Å²) in [6.07, 6.45) is 0. The molecule has 0 aliphatic rings. The number of amides is 1. The molecule has 0 atom stereocenters. The lowest BCUT2D eigenvalue weighted by Crippen LogP contribution is -2.19. The fourth-order valence-electron chi connectivity index (χ4n) is 1.78. The second-order valence-corrected chi connectivity index (χ2v) is 5.10. The Balaban J connectivity index is 2.12. The first-order valence-corrected chi connectivity index (χ1v) is 6.75. The normalized spacial score (nSPS) is 11.3. The van der Waals surface area contributed by atoms with Crippen molar-refractivity contribution in [2.24, 2.45) is 5.10 Å². The summed E-state index contributed by atoms with van der Waals surface area (Å²) in [5.74, 6) is -0.281. The van der Waals surface area contributed by atoms with Crippen LogP contribution in [-0.2, 0) is 0 Å². The molecule has 108 valence electrons. The van der Waals surface area contributed by atoms with Gasteiger partial charge in [0.2, 0.25) is 0 Å². The number of benzene rings is 2. The van der Waals surface area contributed by atoms with E-state index in [1.54, 1.807) is 31.2 Å². The molecule has 0 heterocycles. The summed E-state index contributed by atoms with van der Waals surface area (Å²) in [6.45, 7) is 3.64. The number of phenols is 1. The van der Waals surface area contributed by atoms with Crippen molar-refractivity contribution >= 4 is 23.2 Å². The van der Waals surface area contributed by atoms with Crippen LogP contribution in [0, 0.1) is 6.92 Å². The van der Waals surface area contributed by atoms with Gasteiger partial charge in [0.25, 0.3) is 5.91 Å². The first kappa shape index (κ1) is 15.1. The lowest BCUT2D eigenvalue weighted by atomic mass is 10.1. The molecule has 2 N–H and O–H groups in total. The number of carbonyl (C=O) groups is 1. The Morgan fingerprint density at radius 3 is 2.48 bits per heavy atom. The zero-order valence-electron chi connectivity index (χ0n) is 11.7. The standard InChI is InChI=1S/C16H15ClN2O2/c1-10-3-5-12(6-4-10)16(21)19-18-11(2)14-8-7-13(17)9-15(14)20/h3-9,20H,1-2H3,(H,19,21)/b18-11+. The Labute approximate surface area is 128 Å². The molecule has 5 heteroatoms. The van der Waals surface area contributed by atoms with Crippen molar-refractivity contribution in [2.75, 3.05) is 0 Å². The number of nitrogens with zero attached hydrogens (tertiary/aromatic N) is 1. The number of hydrazone groups is 1. The molecule has 0 bridgehead atoms. The third-order valence-electron chi connectivity index (χ3n) is 2.99. The molecule has 0 aliphatic carbocycles. The summed E-state index contributed by atoms with van der Waals surface area (Å²) in [7, 11) is 0. The molecule has 0 radical (unpaired) electrons. The first-order valence-electron chi connectivity index (χ1n) is 6.37. The van der Waals surface area contributed by atoms with Crippen LogP contribution in [0.25, 0.3) is 0 Å². The largest absolute Gasteiger partial charge is 0.507 e. The van der Waals surface area contributed by atoms with Crippen LogP contribution in [0.1, 0.15) is 28.4 Å². The van der Waals surface area contributed by atoms with Gasteiger partial charge in [0.05, 0.1) is 5.71 Å². The van der Waals surface area contributed by atoms with Crippen LogP contribution >= 0.6 is 11.6 Å². The lowest BCUT2D eigenvalue weighted by Gasteiger charge is -2.05. The van der Waals surface area contributed by atoms with Gasteiger partial charge in [-0.25, -0.2) is 5.43 Å². The average molecular weight is 303 g/mol. The molecule has 0 aromatic heterocycles. The van der Waals surface area contributed by atoms with Crippen LogP contribution in [0.4, 0.5) is 0 Å². The fourth-order valence-corrected chi connectivity index (χ4v) is 1.94. The minimum Gasteiger partial charge on any atom is -0.507 e. The van der Waals surface area contributed by atoms with E-state index >= 15 is 0 Å². The van der Waals surface area contributed by atoms with Gasteiger partial charge in [-0.15, -0.1) is 0 Å². The van der Waals surface area contributed by atoms with Crippen molar-refractivity contribution in [2.45, 2.75) is 13.8 Å². The van der Waals surface area contributed by atoms with E-state index in [2.05, 4.69) is 10.5 Å². The number of aromatic hydroxyl groups is 1. The van der Waals surface area contributed by atoms with E-state index < -0.39 is 0 Å². The van der Waals surface area contributed by atoms with Crippen LogP contribution in [0.5, 0.6) is 5.75 Å². The van der Waals surface area contributed by atoms with E-state index in [1.807, 2.05) is 19.1 Å². The van der Waals surface area contributed by atoms with Crippen molar-refractivity contribution < 1.29 is 9.90 Å². The zero-order chi connectivity index (χ0) is 15.4. The van der Waals surface area contributed by atoms with Gasteiger partial charge in [-0.05, 0) is 44.2 Å². The number of aryl methyl sites for hydroxylation is 1. The number of hydrogen-bond acceptors (Lipinski definition) is 3. The molecule has 0 saturated carbocycles. The molecular formula is C16H15ClN2O2. The molecule has 1 amide bonds. The maximum atomic E-state index is 11.9. The summed E-state index contributed by atoms with van der Waals surface area (Å²) < 4.78 is 0. The average Bonchev–Trinajstić information content (AvgIpc) is 2.45. The summed E-state index contributed by atoms with van der Waals surface area (Å²) in [5.41, 5.74) is 5.08. The highest BCUT2D eigenvalue weighted by Crippen LogP contribution is 2.22. The second-order valence-electron chi connectivity index (χ2n) is 4.67. The minimum absolute atomic E-state index is 0.0216. The molecule has 0 fully saturated rings. The van der Waals surface area contributed by atoms with Crippen molar-refractivity contribution in [3.63, 3.8) is 0 Å². The monoisotopic (exact) mass is 302 g/mol. The molecule has 2 rings (SSSR count). The quantitative estimate of drug-likeness (QED) is 0.673. The molecule has 2 aromatic carbocycles. The van der Waals surface area contributed by atoms with Crippen molar-refractivity contribution in [3.05, 3.63) is 64.2 Å². The molecule has 2 aromatic rings. The second kappa shape index (κ2) is 6.41. The van der Waals surface area contributed by atoms with Crippen LogP contribution in [0.15, 0.2) is 47.6 Å². The summed E-state index contributed by atoms with van der Waals surface area (Å²) in [5, 5.41) is 14.2. The predicted molar refractivity (Wildman–Crippen MR) is 84.0 cm³/mol. The van der Waals surface area contributed by atoms with Crippen molar-refractivity contribution in [3.8, 4) is 5.75 Å². The van der Waals surface area contributed by atoms with Gasteiger partial charge in [-0.1, -0.05) is 29.3 Å². The fraction of sp³-hybridized carbons (Fsp3) is 0.125. The van der Waals surface area contributed by atoms with E-state index in [4.69, 9.17) is 11.6 Å². The molecule has 0 saturated heterocycles. The van der Waals surface area contributed by atoms with E-state index in [1.165, 1.54) is 6.07 Å². The number of phenolic OH excluding ortho intramolecular Hbond substituents is 1. The van der Waals surface area contributed by atoms with Crippen LogP contribution in [0.2, 0.25) is 5.02 Å². The van der Waals surface area contributed by atoms with Gasteiger partial charge in [0.1, 0.15) is 5.75 Å². The molecular weight excluding hydrogens is 288 g/mol. The zero-order valence-corrected chi connectivity index (χ0v) is 12.5. The Bertz CT molecular complexity index is 694. The predicted octanol–water partition coefficient (Wildman–Crippen LogP) is 3.51. The van der Waals surface area contributed by atoms with Gasteiger partial charge < -0.3 is 5.11 Å². The highest BCUT2D eigenvalue weighted by molar-refractivity contribution is 6.30. The van der Waals surface area contributed by atoms with Gasteiger partial charge in [0.15, 0.2) is 0 Å². The molecule has 0 unspecified atom stereocenters. The molecule has 21 heavy (non-hydrogen) atoms. The van der Waals surface area contributed by atoms with Crippen LogP contribution in [0.3, 0.4) is 0 Å². The summed E-state index contributed by atoms with van der Waals surface area (Å²) in [4.78, 5) is 11.9. The minimum atomic E-state index is -0.303. The topological polar surface area (TPSA) is 61.7 Å². The van der Waals surface area contributed by atoms with Crippen LogP contribution in [-0.4, -0.2) is 16.7 Å². The number of hydrogen-bond donors (Lipinski definition) is 2. The molecule has 4 nitrogen and oxygen atoms in total. The van der Waals surface area contributed by atoms with Gasteiger partial charge in [-0.3, -0.25) is 4.79 Å². The number of nitrogens with one attached hydrogen (secondary N) is 1. The summed E-state index contributed by atoms with van der Waals surface area (Å²) in [6, 6.07) is 11.9. The van der Waals surface area contributed by atoms with Gasteiger partial charge >= 0.3 is 0 Å². The van der Waals surface area contributed by atoms with E-state index in [0.717, 1.165) is 5.56 Å². The third-order valence-corrected chi connectivity index (χ3v) is 3.22. The van der Waals surface area contributed by atoms with E-state index in [0.29, 0.717) is 21.9 Å². The highest BCUT2D eigenvalue weighted by atomic mass is 35.5. The van der Waals surface area contributed by atoms with Crippen LogP contribution < -0.4 is 5.43 Å². The highest BCUT2D eigenvalue weighted by Gasteiger charge is 2.07. The number of rotatable bonds is 3. The Hall–Kier alpha value is -2.33. The number of halogens is 1. The van der Waals surface area contributed by atoms with Gasteiger partial charge in [0, 0.05) is 16.1 Å². The van der Waals surface area contributed by atoms with Crippen molar-refractivity contribution in [1.82, 2.24) is 5.43 Å². The van der Waals surface area contributed by atoms with E-state index in [9.17, 15) is 9.90 Å². The first-order chi connectivity index (χ1) is 9.97. The lowest BCUT2D eigenvalue weighted by molar-refractivity contribution is 0.0955. The van der Waals surface area contributed by atoms with Gasteiger partial charge in [-0.2, -0.15) is 5.10 Å². The van der Waals surface area contributed by atoms with E-state index in [-0.39, 0.29) is 11.7 Å². The maximum absolute atomic E-state index is 11.9. The smallest absolute Gasteiger partial charge is 0.271 e. The maximum Gasteiger partial charge on any atom is 0.271 e.